The molecule has 2 amide bonds. The van der Waals surface area contributed by atoms with Crippen molar-refractivity contribution >= 4 is 22.7 Å². The Kier molecular flexibility index (Phi) is 5.08. The first-order valence-corrected chi connectivity index (χ1v) is 8.74. The van der Waals surface area contributed by atoms with Gasteiger partial charge in [-0.2, -0.15) is 0 Å². The van der Waals surface area contributed by atoms with Gasteiger partial charge in [0.15, 0.2) is 0 Å². The molecule has 26 heavy (non-hydrogen) atoms. The maximum absolute atomic E-state index is 12.4. The molecule has 1 saturated heterocycles. The van der Waals surface area contributed by atoms with E-state index in [4.69, 9.17) is 0 Å². The third-order valence-electron chi connectivity index (χ3n) is 4.79. The molecule has 0 unspecified atom stereocenters. The van der Waals surface area contributed by atoms with Gasteiger partial charge in [-0.3, -0.25) is 14.4 Å². The molecule has 2 N–H and O–H groups in total. The number of likely N-dealkylation sites (N-methyl/N-ethyl adjacent to an activating group) is 1. The molecule has 1 fully saturated rings. The van der Waals surface area contributed by atoms with Gasteiger partial charge >= 0.3 is 0 Å². The third kappa shape index (κ3) is 3.77. The lowest BCUT2D eigenvalue weighted by molar-refractivity contribution is -0.131. The molecular formula is C19H24N4O3. The van der Waals surface area contributed by atoms with Gasteiger partial charge < -0.3 is 20.1 Å². The summed E-state index contributed by atoms with van der Waals surface area (Å²) in [5, 5.41) is 3.38. The van der Waals surface area contributed by atoms with Crippen molar-refractivity contribution in [2.45, 2.75) is 13.8 Å². The molecular weight excluding hydrogens is 332 g/mol. The van der Waals surface area contributed by atoms with Gasteiger partial charge in [0.05, 0.1) is 12.1 Å². The Hall–Kier alpha value is -2.67. The number of pyridine rings is 1. The molecule has 0 spiro atoms. The molecule has 0 aliphatic carbocycles. The number of fused-ring (bicyclic) bond motifs is 1. The summed E-state index contributed by atoms with van der Waals surface area (Å²) in [4.78, 5) is 43.6. The molecule has 1 aromatic carbocycles. The topological polar surface area (TPSA) is 85.5 Å². The Labute approximate surface area is 152 Å². The normalized spacial score (nSPS) is 15.3. The summed E-state index contributed by atoms with van der Waals surface area (Å²) < 4.78 is 0. The van der Waals surface area contributed by atoms with Crippen LogP contribution in [0.1, 0.15) is 21.5 Å². The van der Waals surface area contributed by atoms with Gasteiger partial charge in [-0.05, 0) is 44.0 Å². The zero-order chi connectivity index (χ0) is 18.8. The van der Waals surface area contributed by atoms with Gasteiger partial charge in [0.2, 0.25) is 5.91 Å². The van der Waals surface area contributed by atoms with Crippen LogP contribution in [-0.2, 0) is 4.79 Å². The smallest absolute Gasteiger partial charge is 0.261 e. The predicted molar refractivity (Wildman–Crippen MR) is 100 cm³/mol. The second-order valence-electron chi connectivity index (χ2n) is 6.92. The quantitative estimate of drug-likeness (QED) is 0.846. The van der Waals surface area contributed by atoms with E-state index in [-0.39, 0.29) is 18.0 Å². The fourth-order valence-corrected chi connectivity index (χ4v) is 3.27. The van der Waals surface area contributed by atoms with Crippen LogP contribution in [0.25, 0.3) is 10.9 Å². The summed E-state index contributed by atoms with van der Waals surface area (Å²) in [6.07, 6.45) is 0. The van der Waals surface area contributed by atoms with Gasteiger partial charge in [0.1, 0.15) is 5.56 Å². The fourth-order valence-electron chi connectivity index (χ4n) is 3.27. The van der Waals surface area contributed by atoms with Crippen LogP contribution in [0.5, 0.6) is 0 Å². The maximum Gasteiger partial charge on any atom is 0.261 e. The zero-order valence-corrected chi connectivity index (χ0v) is 15.4. The Morgan fingerprint density at radius 1 is 1.12 bits per heavy atom. The van der Waals surface area contributed by atoms with Crippen molar-refractivity contribution in [3.8, 4) is 0 Å². The number of H-pyrrole nitrogens is 1. The van der Waals surface area contributed by atoms with Gasteiger partial charge in [-0.1, -0.05) is 11.6 Å². The number of benzene rings is 1. The predicted octanol–water partition coefficient (Wildman–Crippen LogP) is 0.649. The summed E-state index contributed by atoms with van der Waals surface area (Å²) >= 11 is 0. The lowest BCUT2D eigenvalue weighted by Gasteiger charge is -2.32. The molecule has 2 aromatic rings. The molecule has 0 radical (unpaired) electrons. The third-order valence-corrected chi connectivity index (χ3v) is 4.79. The fraction of sp³-hybridized carbons (Fsp3) is 0.421. The van der Waals surface area contributed by atoms with E-state index in [9.17, 15) is 14.4 Å². The van der Waals surface area contributed by atoms with E-state index in [1.807, 2.05) is 33.0 Å². The number of hydrogen-bond donors (Lipinski definition) is 2. The molecule has 0 saturated carbocycles. The van der Waals surface area contributed by atoms with Crippen molar-refractivity contribution < 1.29 is 9.59 Å². The van der Waals surface area contributed by atoms with Crippen molar-refractivity contribution in [2.24, 2.45) is 0 Å². The summed E-state index contributed by atoms with van der Waals surface area (Å²) in [5.74, 6) is -0.662. The van der Waals surface area contributed by atoms with Crippen molar-refractivity contribution in [3.63, 3.8) is 0 Å². The van der Waals surface area contributed by atoms with E-state index in [0.29, 0.717) is 13.1 Å². The molecule has 7 heteroatoms. The van der Waals surface area contributed by atoms with E-state index in [1.54, 1.807) is 11.0 Å². The summed E-state index contributed by atoms with van der Waals surface area (Å²) in [7, 11) is 2.01. The zero-order valence-electron chi connectivity index (χ0n) is 15.4. The molecule has 1 aliphatic heterocycles. The van der Waals surface area contributed by atoms with Gasteiger partial charge in [0, 0.05) is 26.2 Å². The molecule has 3 rings (SSSR count). The Bertz CT molecular complexity index is 911. The summed E-state index contributed by atoms with van der Waals surface area (Å²) in [6.45, 7) is 6.73. The number of amides is 2. The average molecular weight is 356 g/mol. The molecule has 0 bridgehead atoms. The Morgan fingerprint density at radius 2 is 1.81 bits per heavy atom. The second-order valence-corrected chi connectivity index (χ2v) is 6.92. The van der Waals surface area contributed by atoms with Crippen molar-refractivity contribution in [1.29, 1.82) is 0 Å². The minimum atomic E-state index is -0.533. The van der Waals surface area contributed by atoms with Crippen LogP contribution in [0.2, 0.25) is 0 Å². The average Bonchev–Trinajstić information content (AvgIpc) is 2.60. The van der Waals surface area contributed by atoms with E-state index < -0.39 is 11.5 Å². The van der Waals surface area contributed by atoms with Crippen molar-refractivity contribution in [1.82, 2.24) is 20.1 Å². The molecule has 0 atom stereocenters. The van der Waals surface area contributed by atoms with Crippen LogP contribution in [0.15, 0.2) is 23.0 Å². The van der Waals surface area contributed by atoms with E-state index >= 15 is 0 Å². The van der Waals surface area contributed by atoms with Crippen LogP contribution in [0, 0.1) is 13.8 Å². The first kappa shape index (κ1) is 18.1. The highest BCUT2D eigenvalue weighted by Crippen LogP contribution is 2.17. The number of aryl methyl sites for hydroxylation is 2. The second kappa shape index (κ2) is 7.29. The summed E-state index contributed by atoms with van der Waals surface area (Å²) in [6, 6.07) is 5.49. The van der Waals surface area contributed by atoms with Crippen molar-refractivity contribution in [2.75, 3.05) is 39.8 Å². The number of piperazine rings is 1. The highest BCUT2D eigenvalue weighted by atomic mass is 16.2. The number of carbonyl (C=O) groups is 2. The highest BCUT2D eigenvalue weighted by Gasteiger charge is 2.20. The number of hydrogen-bond acceptors (Lipinski definition) is 4. The number of nitrogens with zero attached hydrogens (tertiary/aromatic N) is 2. The SMILES string of the molecule is Cc1cc(C)c2[nH]c(=O)c(C(=O)NCC(=O)N3CCN(C)CC3)cc2c1. The Balaban J connectivity index is 1.72. The first-order valence-electron chi connectivity index (χ1n) is 8.74. The van der Waals surface area contributed by atoms with Crippen LogP contribution in [-0.4, -0.2) is 66.4 Å². The van der Waals surface area contributed by atoms with Crippen molar-refractivity contribution in [3.05, 3.63) is 45.2 Å². The van der Waals surface area contributed by atoms with Gasteiger partial charge in [-0.25, -0.2) is 0 Å². The maximum atomic E-state index is 12.4. The molecule has 138 valence electrons. The minimum Gasteiger partial charge on any atom is -0.343 e. The van der Waals surface area contributed by atoms with Crippen LogP contribution in [0.4, 0.5) is 0 Å². The molecule has 1 aliphatic rings. The van der Waals surface area contributed by atoms with E-state index in [0.717, 1.165) is 35.1 Å². The van der Waals surface area contributed by atoms with Crippen LogP contribution in [0.3, 0.4) is 0 Å². The number of aromatic amines is 1. The largest absolute Gasteiger partial charge is 0.343 e. The number of rotatable bonds is 3. The standard InChI is InChI=1S/C19H24N4O3/c1-12-8-13(2)17-14(9-12)10-15(19(26)21-17)18(25)20-11-16(24)23-6-4-22(3)5-7-23/h8-10H,4-7,11H2,1-3H3,(H,20,25)(H,21,26). The molecule has 7 nitrogen and oxygen atoms in total. The number of nitrogens with one attached hydrogen (secondary N) is 2. The lowest BCUT2D eigenvalue weighted by Crippen LogP contribution is -2.50. The first-order chi connectivity index (χ1) is 12.3. The van der Waals surface area contributed by atoms with E-state index in [1.165, 1.54) is 0 Å². The molecule has 1 aromatic heterocycles. The summed E-state index contributed by atoms with van der Waals surface area (Å²) in [5.41, 5.74) is 2.31. The van der Waals surface area contributed by atoms with Gasteiger partial charge in [0.25, 0.3) is 11.5 Å². The number of aromatic nitrogens is 1. The molecule has 2 heterocycles. The number of carbonyl (C=O) groups excluding carboxylic acids is 2. The monoisotopic (exact) mass is 356 g/mol. The van der Waals surface area contributed by atoms with Crippen LogP contribution >= 0.6 is 0 Å². The van der Waals surface area contributed by atoms with Gasteiger partial charge in [-0.15, -0.1) is 0 Å². The lowest BCUT2D eigenvalue weighted by atomic mass is 10.1. The van der Waals surface area contributed by atoms with E-state index in [2.05, 4.69) is 15.2 Å². The Morgan fingerprint density at radius 3 is 2.50 bits per heavy atom. The highest BCUT2D eigenvalue weighted by molar-refractivity contribution is 5.99. The minimum absolute atomic E-state index is 0.0219. The van der Waals surface area contributed by atoms with Crippen LogP contribution < -0.4 is 10.9 Å².